The van der Waals surface area contributed by atoms with Gasteiger partial charge >= 0.3 is 11.9 Å². The minimum absolute atomic E-state index is 0.0138. The minimum Gasteiger partial charge on any atom is -0.479 e. The van der Waals surface area contributed by atoms with E-state index in [9.17, 15) is 19.5 Å². The molecule has 1 aliphatic heterocycles. The molecule has 0 radical (unpaired) electrons. The molecule has 1 fully saturated rings. The van der Waals surface area contributed by atoms with E-state index < -0.39 is 18.5 Å². The number of thiophene rings is 1. The van der Waals surface area contributed by atoms with Crippen LogP contribution in [-0.4, -0.2) is 58.7 Å². The fourth-order valence-corrected chi connectivity index (χ4v) is 5.20. The van der Waals surface area contributed by atoms with E-state index in [4.69, 9.17) is 9.84 Å². The standard InChI is InChI=1S/C20H21BrN2O6S/c1-11(24)23-7-5-13(6-8-23)22-14-4-2-3-12(9-14)18-16(21)17(29-10-15(25)26)19(30-18)20(27)28/h2-4,9,13,22H,5-8,10H2,1H3,(H,25,26)(H,27,28). The summed E-state index contributed by atoms with van der Waals surface area (Å²) in [7, 11) is 0. The van der Waals surface area contributed by atoms with Gasteiger partial charge in [-0.25, -0.2) is 9.59 Å². The lowest BCUT2D eigenvalue weighted by Crippen LogP contribution is -2.41. The number of rotatable bonds is 7. The smallest absolute Gasteiger partial charge is 0.349 e. The van der Waals surface area contributed by atoms with Crippen LogP contribution in [0.3, 0.4) is 0 Å². The Kier molecular flexibility index (Phi) is 6.99. The van der Waals surface area contributed by atoms with Crippen molar-refractivity contribution in [2.24, 2.45) is 0 Å². The predicted octanol–water partition coefficient (Wildman–Crippen LogP) is 3.76. The van der Waals surface area contributed by atoms with Crippen LogP contribution in [0.15, 0.2) is 28.7 Å². The monoisotopic (exact) mass is 496 g/mol. The van der Waals surface area contributed by atoms with Crippen molar-refractivity contribution in [1.29, 1.82) is 0 Å². The van der Waals surface area contributed by atoms with E-state index in [-0.39, 0.29) is 22.6 Å². The maximum absolute atomic E-state index is 11.6. The fraction of sp³-hybridized carbons (Fsp3) is 0.350. The van der Waals surface area contributed by atoms with Crippen LogP contribution in [0.4, 0.5) is 5.69 Å². The van der Waals surface area contributed by atoms with Gasteiger partial charge in [-0.3, -0.25) is 4.79 Å². The summed E-state index contributed by atoms with van der Waals surface area (Å²) in [5, 5.41) is 21.8. The normalized spacial score (nSPS) is 14.4. The van der Waals surface area contributed by atoms with Gasteiger partial charge < -0.3 is 25.2 Å². The van der Waals surface area contributed by atoms with Gasteiger partial charge in [-0.2, -0.15) is 0 Å². The summed E-state index contributed by atoms with van der Waals surface area (Å²) in [6.45, 7) is 2.39. The van der Waals surface area contributed by atoms with Crippen molar-refractivity contribution in [3.8, 4) is 16.2 Å². The summed E-state index contributed by atoms with van der Waals surface area (Å²) in [4.78, 5) is 36.3. The molecule has 1 saturated heterocycles. The Morgan fingerprint density at radius 2 is 1.97 bits per heavy atom. The maximum Gasteiger partial charge on any atom is 0.349 e. The number of nitrogens with zero attached hydrogens (tertiary/aromatic N) is 1. The van der Waals surface area contributed by atoms with Gasteiger partial charge in [0.1, 0.15) is 0 Å². The summed E-state index contributed by atoms with van der Waals surface area (Å²) in [6.07, 6.45) is 1.70. The Labute approximate surface area is 185 Å². The third-order valence-electron chi connectivity index (χ3n) is 4.78. The van der Waals surface area contributed by atoms with Crippen LogP contribution in [0, 0.1) is 0 Å². The van der Waals surface area contributed by atoms with Crippen molar-refractivity contribution in [2.75, 3.05) is 25.0 Å². The molecule has 0 bridgehead atoms. The number of nitrogens with one attached hydrogen (secondary N) is 1. The number of aliphatic carboxylic acids is 1. The summed E-state index contributed by atoms with van der Waals surface area (Å²) in [5.74, 6) is -2.26. The highest BCUT2D eigenvalue weighted by molar-refractivity contribution is 9.10. The number of carbonyl (C=O) groups excluding carboxylic acids is 1. The van der Waals surface area contributed by atoms with E-state index in [1.54, 1.807) is 6.92 Å². The van der Waals surface area contributed by atoms with E-state index in [1.807, 2.05) is 29.2 Å². The van der Waals surface area contributed by atoms with E-state index >= 15 is 0 Å². The van der Waals surface area contributed by atoms with Gasteiger partial charge in [0.15, 0.2) is 17.2 Å². The van der Waals surface area contributed by atoms with Gasteiger partial charge in [0.05, 0.1) is 9.35 Å². The molecule has 1 amide bonds. The first-order valence-electron chi connectivity index (χ1n) is 9.29. The van der Waals surface area contributed by atoms with Crippen LogP contribution in [0.2, 0.25) is 0 Å². The van der Waals surface area contributed by atoms with Gasteiger partial charge in [-0.15, -0.1) is 11.3 Å². The van der Waals surface area contributed by atoms with Gasteiger partial charge in [-0.1, -0.05) is 12.1 Å². The number of amides is 1. The molecule has 0 spiro atoms. The summed E-state index contributed by atoms with van der Waals surface area (Å²) >= 11 is 4.39. The Bertz CT molecular complexity index is 968. The molecule has 8 nitrogen and oxygen atoms in total. The lowest BCUT2D eigenvalue weighted by atomic mass is 10.0. The molecular weight excluding hydrogens is 476 g/mol. The van der Waals surface area contributed by atoms with Gasteiger partial charge in [0.2, 0.25) is 5.91 Å². The molecule has 1 aromatic heterocycles. The number of piperidine rings is 1. The topological polar surface area (TPSA) is 116 Å². The van der Waals surface area contributed by atoms with Gasteiger partial charge in [-0.05, 0) is 46.5 Å². The number of carboxylic acids is 2. The molecule has 3 N–H and O–H groups in total. The first kappa shape index (κ1) is 22.1. The number of benzene rings is 1. The van der Waals surface area contributed by atoms with Crippen LogP contribution in [0.5, 0.6) is 5.75 Å². The SMILES string of the molecule is CC(=O)N1CCC(Nc2cccc(-c3sc(C(=O)O)c(OCC(=O)O)c3Br)c2)CC1. The van der Waals surface area contributed by atoms with Crippen LogP contribution < -0.4 is 10.1 Å². The predicted molar refractivity (Wildman–Crippen MR) is 116 cm³/mol. The molecule has 2 heterocycles. The molecule has 2 aromatic rings. The van der Waals surface area contributed by atoms with Crippen LogP contribution in [-0.2, 0) is 9.59 Å². The molecule has 10 heteroatoms. The van der Waals surface area contributed by atoms with E-state index in [1.165, 1.54) is 0 Å². The van der Waals surface area contributed by atoms with Crippen molar-refractivity contribution >= 4 is 50.8 Å². The number of hydrogen-bond acceptors (Lipinski definition) is 6. The minimum atomic E-state index is -1.19. The number of aromatic carboxylic acids is 1. The van der Waals surface area contributed by atoms with Crippen LogP contribution in [0.1, 0.15) is 29.4 Å². The zero-order valence-electron chi connectivity index (χ0n) is 16.2. The number of anilines is 1. The molecule has 1 aliphatic rings. The number of likely N-dealkylation sites (tertiary alicyclic amines) is 1. The quantitative estimate of drug-likeness (QED) is 0.534. The molecule has 30 heavy (non-hydrogen) atoms. The molecule has 0 saturated carbocycles. The molecule has 0 atom stereocenters. The summed E-state index contributed by atoms with van der Waals surface area (Å²) in [6, 6.07) is 7.81. The average Bonchev–Trinajstić information content (AvgIpc) is 3.03. The lowest BCUT2D eigenvalue weighted by Gasteiger charge is -2.32. The maximum atomic E-state index is 11.6. The number of hydrogen-bond donors (Lipinski definition) is 3. The van der Waals surface area contributed by atoms with E-state index in [0.717, 1.165) is 48.5 Å². The number of halogens is 1. The van der Waals surface area contributed by atoms with Crippen molar-refractivity contribution < 1.29 is 29.3 Å². The number of carboxylic acid groups (broad SMARTS) is 2. The van der Waals surface area contributed by atoms with Crippen LogP contribution >= 0.6 is 27.3 Å². The summed E-state index contributed by atoms with van der Waals surface area (Å²) in [5.41, 5.74) is 1.67. The van der Waals surface area contributed by atoms with E-state index in [0.29, 0.717) is 9.35 Å². The van der Waals surface area contributed by atoms with Crippen LogP contribution in [0.25, 0.3) is 10.4 Å². The summed E-state index contributed by atoms with van der Waals surface area (Å²) < 4.78 is 5.62. The fourth-order valence-electron chi connectivity index (χ4n) is 3.31. The highest BCUT2D eigenvalue weighted by atomic mass is 79.9. The third-order valence-corrected chi connectivity index (χ3v) is 7.01. The first-order valence-corrected chi connectivity index (χ1v) is 10.9. The highest BCUT2D eigenvalue weighted by Gasteiger charge is 2.25. The second-order valence-electron chi connectivity index (χ2n) is 6.90. The molecule has 0 aliphatic carbocycles. The Morgan fingerprint density at radius 1 is 1.27 bits per heavy atom. The second kappa shape index (κ2) is 9.48. The van der Waals surface area contributed by atoms with Crippen molar-refractivity contribution in [1.82, 2.24) is 4.90 Å². The molecular formula is C20H21BrN2O6S. The molecule has 160 valence electrons. The Morgan fingerprint density at radius 3 is 2.57 bits per heavy atom. The molecule has 1 aromatic carbocycles. The number of carbonyl (C=O) groups is 3. The van der Waals surface area contributed by atoms with E-state index in [2.05, 4.69) is 21.2 Å². The number of ether oxygens (including phenoxy) is 1. The highest BCUT2D eigenvalue weighted by Crippen LogP contribution is 2.46. The average molecular weight is 497 g/mol. The molecule has 3 rings (SSSR count). The molecule has 0 unspecified atom stereocenters. The van der Waals surface area contributed by atoms with Crippen molar-refractivity contribution in [3.05, 3.63) is 33.6 Å². The Balaban J connectivity index is 1.80. The van der Waals surface area contributed by atoms with Gasteiger partial charge in [0.25, 0.3) is 0 Å². The second-order valence-corrected chi connectivity index (χ2v) is 8.71. The third kappa shape index (κ3) is 5.11. The largest absolute Gasteiger partial charge is 0.479 e. The van der Waals surface area contributed by atoms with Crippen molar-refractivity contribution in [3.63, 3.8) is 0 Å². The van der Waals surface area contributed by atoms with Crippen molar-refractivity contribution in [2.45, 2.75) is 25.8 Å². The zero-order chi connectivity index (χ0) is 21.8. The zero-order valence-corrected chi connectivity index (χ0v) is 18.6. The Hall–Kier alpha value is -2.59. The van der Waals surface area contributed by atoms with Gasteiger partial charge in [0, 0.05) is 31.7 Å². The lowest BCUT2D eigenvalue weighted by molar-refractivity contribution is -0.139. The first-order chi connectivity index (χ1) is 14.3.